The van der Waals surface area contributed by atoms with Gasteiger partial charge in [0.2, 0.25) is 5.91 Å². The Balaban J connectivity index is 1.38. The van der Waals surface area contributed by atoms with Gasteiger partial charge < -0.3 is 15.4 Å². The Labute approximate surface area is 177 Å². The van der Waals surface area contributed by atoms with Gasteiger partial charge in [-0.2, -0.15) is 0 Å². The van der Waals surface area contributed by atoms with Crippen LogP contribution in [0, 0.1) is 0 Å². The first-order chi connectivity index (χ1) is 14.1. The summed E-state index contributed by atoms with van der Waals surface area (Å²) >= 11 is 2.97. The molecular formula is C21H18N4O2S2. The molecule has 1 aromatic heterocycles. The summed E-state index contributed by atoms with van der Waals surface area (Å²) < 4.78 is 3.24. The molecule has 2 heterocycles. The van der Waals surface area contributed by atoms with Crippen molar-refractivity contribution < 1.29 is 9.59 Å². The van der Waals surface area contributed by atoms with Crippen LogP contribution in [-0.2, 0) is 4.79 Å². The lowest BCUT2D eigenvalue weighted by molar-refractivity contribution is -0.115. The number of rotatable bonds is 5. The maximum Gasteiger partial charge on any atom is 0.255 e. The Morgan fingerprint density at radius 2 is 1.83 bits per heavy atom. The molecule has 1 atom stereocenters. The van der Waals surface area contributed by atoms with Gasteiger partial charge in [0.1, 0.15) is 0 Å². The maximum atomic E-state index is 12.6. The zero-order valence-electron chi connectivity index (χ0n) is 15.5. The summed E-state index contributed by atoms with van der Waals surface area (Å²) in [4.78, 5) is 30.4. The van der Waals surface area contributed by atoms with Crippen LogP contribution in [0.1, 0.15) is 17.3 Å². The Morgan fingerprint density at radius 1 is 1.07 bits per heavy atom. The van der Waals surface area contributed by atoms with Crippen molar-refractivity contribution in [2.75, 3.05) is 15.4 Å². The van der Waals surface area contributed by atoms with Gasteiger partial charge in [-0.1, -0.05) is 0 Å². The monoisotopic (exact) mass is 422 g/mol. The number of anilines is 3. The average Bonchev–Trinajstić information content (AvgIpc) is 2.74. The molecule has 0 fully saturated rings. The molecule has 1 unspecified atom stereocenters. The summed E-state index contributed by atoms with van der Waals surface area (Å²) in [7, 11) is 0. The number of fused-ring (bicyclic) bond motifs is 1. The highest BCUT2D eigenvalue weighted by Gasteiger charge is 2.23. The summed E-state index contributed by atoms with van der Waals surface area (Å²) in [5.74, 6) is -0.269. The summed E-state index contributed by atoms with van der Waals surface area (Å²) in [5, 5.41) is 5.61. The van der Waals surface area contributed by atoms with E-state index in [0.717, 1.165) is 15.5 Å². The molecule has 6 nitrogen and oxygen atoms in total. The number of hydrogen-bond donors (Lipinski definition) is 3. The normalized spacial score (nSPS) is 15.2. The number of aromatic nitrogens is 1. The number of hydrogen-bond acceptors (Lipinski definition) is 6. The third kappa shape index (κ3) is 4.72. The van der Waals surface area contributed by atoms with E-state index in [9.17, 15) is 9.59 Å². The Hall–Kier alpha value is -2.97. The number of carbonyl (C=O) groups is 2. The summed E-state index contributed by atoms with van der Waals surface area (Å²) in [6.07, 6.45) is 3.46. The van der Waals surface area contributed by atoms with Crippen molar-refractivity contribution in [3.05, 3.63) is 72.6 Å². The van der Waals surface area contributed by atoms with Crippen LogP contribution in [-0.4, -0.2) is 22.0 Å². The lowest BCUT2D eigenvalue weighted by Gasteiger charge is -2.21. The van der Waals surface area contributed by atoms with Crippen molar-refractivity contribution >= 4 is 52.6 Å². The molecule has 0 radical (unpaired) electrons. The predicted molar refractivity (Wildman–Crippen MR) is 119 cm³/mol. The van der Waals surface area contributed by atoms with E-state index in [1.807, 2.05) is 49.4 Å². The van der Waals surface area contributed by atoms with Crippen LogP contribution in [0.3, 0.4) is 0 Å². The van der Waals surface area contributed by atoms with Crippen LogP contribution in [0.25, 0.3) is 0 Å². The van der Waals surface area contributed by atoms with Gasteiger partial charge in [0.25, 0.3) is 5.91 Å². The van der Waals surface area contributed by atoms with E-state index in [-0.39, 0.29) is 17.1 Å². The van der Waals surface area contributed by atoms with Gasteiger partial charge >= 0.3 is 0 Å². The SMILES string of the molecule is CC1Sc2ccc(C(=O)Nc3ccc(SNc4ccncc4)cc3)cc2NC1=O. The van der Waals surface area contributed by atoms with Crippen molar-refractivity contribution in [2.24, 2.45) is 0 Å². The van der Waals surface area contributed by atoms with Crippen LogP contribution in [0.5, 0.6) is 0 Å². The van der Waals surface area contributed by atoms with Gasteiger partial charge in [-0.15, -0.1) is 11.8 Å². The zero-order valence-corrected chi connectivity index (χ0v) is 17.1. The van der Waals surface area contributed by atoms with Gasteiger partial charge in [-0.05, 0) is 73.5 Å². The van der Waals surface area contributed by atoms with Crippen molar-refractivity contribution in [1.29, 1.82) is 0 Å². The van der Waals surface area contributed by atoms with Gasteiger partial charge in [0.15, 0.2) is 0 Å². The van der Waals surface area contributed by atoms with Crippen LogP contribution < -0.4 is 15.4 Å². The molecule has 0 saturated heterocycles. The molecule has 29 heavy (non-hydrogen) atoms. The molecule has 0 spiro atoms. The highest BCUT2D eigenvalue weighted by molar-refractivity contribution is 8.01. The predicted octanol–water partition coefficient (Wildman–Crippen LogP) is 4.89. The Bertz CT molecular complexity index is 1040. The van der Waals surface area contributed by atoms with Gasteiger partial charge in [-0.25, -0.2) is 0 Å². The quantitative estimate of drug-likeness (QED) is 0.508. The Morgan fingerprint density at radius 3 is 2.59 bits per heavy atom. The number of amides is 2. The molecule has 0 bridgehead atoms. The van der Waals surface area contributed by atoms with E-state index in [1.165, 1.54) is 23.7 Å². The van der Waals surface area contributed by atoms with E-state index in [2.05, 4.69) is 20.3 Å². The number of nitrogens with zero attached hydrogens (tertiary/aromatic N) is 1. The van der Waals surface area contributed by atoms with E-state index in [0.29, 0.717) is 16.9 Å². The molecule has 8 heteroatoms. The van der Waals surface area contributed by atoms with Crippen molar-refractivity contribution in [2.45, 2.75) is 22.0 Å². The molecule has 0 saturated carbocycles. The smallest absolute Gasteiger partial charge is 0.255 e. The second kappa shape index (κ2) is 8.59. The van der Waals surface area contributed by atoms with E-state index >= 15 is 0 Å². The second-order valence-electron chi connectivity index (χ2n) is 6.38. The lowest BCUT2D eigenvalue weighted by Crippen LogP contribution is -2.26. The van der Waals surface area contributed by atoms with Crippen LogP contribution in [0.15, 0.2) is 76.8 Å². The summed E-state index contributed by atoms with van der Waals surface area (Å²) in [6, 6.07) is 16.7. The minimum absolute atomic E-state index is 0.0477. The molecule has 2 amide bonds. The van der Waals surface area contributed by atoms with Crippen LogP contribution in [0.4, 0.5) is 17.1 Å². The molecule has 1 aliphatic heterocycles. The lowest BCUT2D eigenvalue weighted by atomic mass is 10.1. The molecule has 2 aromatic carbocycles. The molecule has 1 aliphatic rings. The van der Waals surface area contributed by atoms with Crippen LogP contribution >= 0.6 is 23.7 Å². The molecule has 146 valence electrons. The summed E-state index contributed by atoms with van der Waals surface area (Å²) in [5.41, 5.74) is 2.85. The fraction of sp³-hybridized carbons (Fsp3) is 0.0952. The first-order valence-electron chi connectivity index (χ1n) is 8.94. The number of nitrogens with one attached hydrogen (secondary N) is 3. The Kier molecular flexibility index (Phi) is 5.73. The zero-order chi connectivity index (χ0) is 20.2. The van der Waals surface area contributed by atoms with E-state index in [4.69, 9.17) is 0 Å². The topological polar surface area (TPSA) is 83.1 Å². The van der Waals surface area contributed by atoms with Gasteiger partial charge in [0, 0.05) is 39.1 Å². The highest BCUT2D eigenvalue weighted by Crippen LogP contribution is 2.36. The molecule has 0 aliphatic carbocycles. The highest BCUT2D eigenvalue weighted by atomic mass is 32.2. The first kappa shape index (κ1) is 19.4. The standard InChI is InChI=1S/C21H18N4O2S2/c1-13-20(26)24-18-12-14(2-7-19(18)28-13)21(27)23-15-3-5-17(6-4-15)29-25-16-8-10-22-11-9-16/h2-13H,1H3,(H,22,25)(H,23,27)(H,24,26). The minimum atomic E-state index is -0.221. The fourth-order valence-corrected chi connectivity index (χ4v) is 4.27. The van der Waals surface area contributed by atoms with Crippen LogP contribution in [0.2, 0.25) is 0 Å². The molecule has 3 N–H and O–H groups in total. The minimum Gasteiger partial charge on any atom is -0.326 e. The fourth-order valence-electron chi connectivity index (χ4n) is 2.70. The number of thioether (sulfide) groups is 1. The second-order valence-corrected chi connectivity index (χ2v) is 8.64. The number of pyridine rings is 1. The average molecular weight is 423 g/mol. The number of carbonyl (C=O) groups excluding carboxylic acids is 2. The van der Waals surface area contributed by atoms with Gasteiger partial charge in [0.05, 0.1) is 10.9 Å². The largest absolute Gasteiger partial charge is 0.326 e. The van der Waals surface area contributed by atoms with Gasteiger partial charge in [-0.3, -0.25) is 14.6 Å². The molecule has 3 aromatic rings. The van der Waals surface area contributed by atoms with E-state index < -0.39 is 0 Å². The van der Waals surface area contributed by atoms with Crippen molar-refractivity contribution in [1.82, 2.24) is 4.98 Å². The third-order valence-corrected chi connectivity index (χ3v) is 6.28. The molecular weight excluding hydrogens is 404 g/mol. The van der Waals surface area contributed by atoms with E-state index in [1.54, 1.807) is 24.5 Å². The summed E-state index contributed by atoms with van der Waals surface area (Å²) in [6.45, 7) is 1.86. The number of benzene rings is 2. The maximum absolute atomic E-state index is 12.6. The molecule has 4 rings (SSSR count). The third-order valence-electron chi connectivity index (χ3n) is 4.25. The van der Waals surface area contributed by atoms with Crippen molar-refractivity contribution in [3.8, 4) is 0 Å². The van der Waals surface area contributed by atoms with Crippen molar-refractivity contribution in [3.63, 3.8) is 0 Å². The first-order valence-corrected chi connectivity index (χ1v) is 10.6.